The van der Waals surface area contributed by atoms with Gasteiger partial charge in [-0.25, -0.2) is 13.8 Å². The Morgan fingerprint density at radius 2 is 2.00 bits per heavy atom. The van der Waals surface area contributed by atoms with Crippen molar-refractivity contribution in [3.05, 3.63) is 59.4 Å². The molecule has 0 atom stereocenters. The van der Waals surface area contributed by atoms with Gasteiger partial charge in [-0.2, -0.15) is 0 Å². The number of hydrogen-bond donors (Lipinski definition) is 1. The molecule has 0 fully saturated rings. The maximum Gasteiger partial charge on any atom is 0.274 e. The van der Waals surface area contributed by atoms with Crippen LogP contribution in [0.2, 0.25) is 0 Å². The van der Waals surface area contributed by atoms with Gasteiger partial charge in [0, 0.05) is 11.8 Å². The van der Waals surface area contributed by atoms with Crippen LogP contribution in [-0.2, 0) is 0 Å². The lowest BCUT2D eigenvalue weighted by Crippen LogP contribution is -2.15. The van der Waals surface area contributed by atoms with Crippen LogP contribution < -0.4 is 5.32 Å². The fraction of sp³-hybridized carbons (Fsp3) is 0.0769. The number of amides is 1. The van der Waals surface area contributed by atoms with E-state index in [-0.39, 0.29) is 11.4 Å². The van der Waals surface area contributed by atoms with Gasteiger partial charge in [0.15, 0.2) is 0 Å². The van der Waals surface area contributed by atoms with Gasteiger partial charge in [-0.1, -0.05) is 6.07 Å². The number of carbonyl (C=O) groups excluding carboxylic acids is 1. The van der Waals surface area contributed by atoms with E-state index < -0.39 is 17.5 Å². The first-order valence-corrected chi connectivity index (χ1v) is 5.26. The molecule has 2 aromatic rings. The minimum atomic E-state index is -0.823. The van der Waals surface area contributed by atoms with Crippen LogP contribution in [0.1, 0.15) is 16.2 Å². The van der Waals surface area contributed by atoms with Gasteiger partial charge in [-0.15, -0.1) is 0 Å². The number of aryl methyl sites for hydroxylation is 1. The average Bonchev–Trinajstić information content (AvgIpc) is 2.32. The SMILES string of the molecule is Cc1cccc(C(=O)Nc2ccc(F)cc2F)n1. The van der Waals surface area contributed by atoms with Crippen molar-refractivity contribution < 1.29 is 13.6 Å². The Morgan fingerprint density at radius 3 is 2.67 bits per heavy atom. The van der Waals surface area contributed by atoms with E-state index in [1.807, 2.05) is 0 Å². The highest BCUT2D eigenvalue weighted by atomic mass is 19.1. The van der Waals surface area contributed by atoms with Crippen molar-refractivity contribution in [3.8, 4) is 0 Å². The predicted molar refractivity (Wildman–Crippen MR) is 63.3 cm³/mol. The number of nitrogens with one attached hydrogen (secondary N) is 1. The number of benzene rings is 1. The number of halogens is 2. The number of hydrogen-bond acceptors (Lipinski definition) is 2. The van der Waals surface area contributed by atoms with Crippen LogP contribution in [0.4, 0.5) is 14.5 Å². The molecule has 1 aromatic heterocycles. The first-order chi connectivity index (χ1) is 8.56. The third-order valence-electron chi connectivity index (χ3n) is 2.30. The smallest absolute Gasteiger partial charge is 0.274 e. The Balaban J connectivity index is 2.21. The second kappa shape index (κ2) is 4.91. The number of anilines is 1. The second-order valence-corrected chi connectivity index (χ2v) is 3.74. The van der Waals surface area contributed by atoms with Crippen molar-refractivity contribution in [2.24, 2.45) is 0 Å². The highest BCUT2D eigenvalue weighted by molar-refractivity contribution is 6.02. The van der Waals surface area contributed by atoms with Crippen LogP contribution in [0.15, 0.2) is 36.4 Å². The van der Waals surface area contributed by atoms with Crippen LogP contribution in [0.5, 0.6) is 0 Å². The quantitative estimate of drug-likeness (QED) is 0.887. The molecule has 0 bridgehead atoms. The first kappa shape index (κ1) is 12.2. The van der Waals surface area contributed by atoms with Gasteiger partial charge in [0.05, 0.1) is 5.69 Å². The zero-order valence-corrected chi connectivity index (χ0v) is 9.58. The van der Waals surface area contributed by atoms with E-state index in [9.17, 15) is 13.6 Å². The largest absolute Gasteiger partial charge is 0.318 e. The van der Waals surface area contributed by atoms with Gasteiger partial charge >= 0.3 is 0 Å². The minimum Gasteiger partial charge on any atom is -0.318 e. The predicted octanol–water partition coefficient (Wildman–Crippen LogP) is 2.92. The lowest BCUT2D eigenvalue weighted by molar-refractivity contribution is 0.102. The molecule has 1 N–H and O–H groups in total. The summed E-state index contributed by atoms with van der Waals surface area (Å²) in [4.78, 5) is 15.8. The zero-order valence-electron chi connectivity index (χ0n) is 9.58. The van der Waals surface area contributed by atoms with Crippen LogP contribution in [0.25, 0.3) is 0 Å². The summed E-state index contributed by atoms with van der Waals surface area (Å²) in [6.45, 7) is 1.75. The Bertz CT molecular complexity index is 599. The zero-order chi connectivity index (χ0) is 13.1. The number of nitrogens with zero attached hydrogens (tertiary/aromatic N) is 1. The number of carbonyl (C=O) groups is 1. The number of aromatic nitrogens is 1. The Hall–Kier alpha value is -2.30. The normalized spacial score (nSPS) is 10.2. The summed E-state index contributed by atoms with van der Waals surface area (Å²) in [6.07, 6.45) is 0. The van der Waals surface area contributed by atoms with Gasteiger partial charge in [0.1, 0.15) is 17.3 Å². The molecule has 5 heteroatoms. The molecular formula is C13H10F2N2O. The van der Waals surface area contributed by atoms with Crippen LogP contribution in [0, 0.1) is 18.6 Å². The molecular weight excluding hydrogens is 238 g/mol. The summed E-state index contributed by atoms with van der Waals surface area (Å²) in [6, 6.07) is 7.89. The Labute approximate surface area is 102 Å². The summed E-state index contributed by atoms with van der Waals surface area (Å²) < 4.78 is 26.0. The maximum absolute atomic E-state index is 13.3. The van der Waals surface area contributed by atoms with E-state index >= 15 is 0 Å². The summed E-state index contributed by atoms with van der Waals surface area (Å²) in [5.41, 5.74) is 0.783. The van der Waals surface area contributed by atoms with E-state index in [0.717, 1.165) is 6.07 Å². The van der Waals surface area contributed by atoms with Gasteiger partial charge in [-0.05, 0) is 31.2 Å². The molecule has 0 spiro atoms. The minimum absolute atomic E-state index is 0.0790. The van der Waals surface area contributed by atoms with Crippen molar-refractivity contribution in [1.82, 2.24) is 4.98 Å². The van der Waals surface area contributed by atoms with Gasteiger partial charge in [0.2, 0.25) is 0 Å². The molecule has 18 heavy (non-hydrogen) atoms. The average molecular weight is 248 g/mol. The van der Waals surface area contributed by atoms with Crippen molar-refractivity contribution in [1.29, 1.82) is 0 Å². The summed E-state index contributed by atoms with van der Waals surface area (Å²) in [7, 11) is 0. The van der Waals surface area contributed by atoms with E-state index in [1.165, 1.54) is 12.1 Å². The molecule has 1 aromatic carbocycles. The first-order valence-electron chi connectivity index (χ1n) is 5.26. The van der Waals surface area contributed by atoms with Crippen LogP contribution >= 0.6 is 0 Å². The van der Waals surface area contributed by atoms with E-state index in [1.54, 1.807) is 19.1 Å². The molecule has 0 aliphatic heterocycles. The highest BCUT2D eigenvalue weighted by Crippen LogP contribution is 2.15. The molecule has 0 saturated heterocycles. The van der Waals surface area contributed by atoms with Crippen LogP contribution in [0.3, 0.4) is 0 Å². The fourth-order valence-electron chi connectivity index (χ4n) is 1.45. The van der Waals surface area contributed by atoms with E-state index in [2.05, 4.69) is 10.3 Å². The van der Waals surface area contributed by atoms with E-state index in [0.29, 0.717) is 11.8 Å². The summed E-state index contributed by atoms with van der Waals surface area (Å²) in [5.74, 6) is -2.06. The van der Waals surface area contributed by atoms with Gasteiger partial charge < -0.3 is 5.32 Å². The summed E-state index contributed by atoms with van der Waals surface area (Å²) >= 11 is 0. The standard InChI is InChI=1S/C13H10F2N2O/c1-8-3-2-4-12(16-8)13(18)17-11-6-5-9(14)7-10(11)15/h2-7H,1H3,(H,17,18). The topological polar surface area (TPSA) is 42.0 Å². The van der Waals surface area contributed by atoms with Gasteiger partial charge in [-0.3, -0.25) is 4.79 Å². The Kier molecular flexibility index (Phi) is 3.32. The van der Waals surface area contributed by atoms with Crippen molar-refractivity contribution >= 4 is 11.6 Å². The Morgan fingerprint density at radius 1 is 1.22 bits per heavy atom. The molecule has 0 saturated carbocycles. The van der Waals surface area contributed by atoms with Crippen molar-refractivity contribution in [2.75, 3.05) is 5.32 Å². The monoisotopic (exact) mass is 248 g/mol. The fourth-order valence-corrected chi connectivity index (χ4v) is 1.45. The lowest BCUT2D eigenvalue weighted by atomic mass is 10.2. The third-order valence-corrected chi connectivity index (χ3v) is 2.30. The molecule has 0 aliphatic rings. The van der Waals surface area contributed by atoms with Gasteiger partial charge in [0.25, 0.3) is 5.91 Å². The molecule has 92 valence electrons. The maximum atomic E-state index is 13.3. The molecule has 2 rings (SSSR count). The number of rotatable bonds is 2. The van der Waals surface area contributed by atoms with Crippen molar-refractivity contribution in [2.45, 2.75) is 6.92 Å². The molecule has 3 nitrogen and oxygen atoms in total. The molecule has 1 amide bonds. The molecule has 0 aliphatic carbocycles. The molecule has 1 heterocycles. The highest BCUT2D eigenvalue weighted by Gasteiger charge is 2.11. The second-order valence-electron chi connectivity index (χ2n) is 3.74. The van der Waals surface area contributed by atoms with Crippen molar-refractivity contribution in [3.63, 3.8) is 0 Å². The molecule has 0 unspecified atom stereocenters. The summed E-state index contributed by atoms with van der Waals surface area (Å²) in [5, 5.41) is 2.34. The molecule has 0 radical (unpaired) electrons. The third kappa shape index (κ3) is 2.68. The van der Waals surface area contributed by atoms with Crippen LogP contribution in [-0.4, -0.2) is 10.9 Å². The lowest BCUT2D eigenvalue weighted by Gasteiger charge is -2.06. The number of pyridine rings is 1. The van der Waals surface area contributed by atoms with E-state index in [4.69, 9.17) is 0 Å².